The van der Waals surface area contributed by atoms with Gasteiger partial charge in [0.05, 0.1) is 13.7 Å². The number of carbonyl (C=O) groups is 3. The van der Waals surface area contributed by atoms with Gasteiger partial charge in [0.2, 0.25) is 0 Å². The lowest BCUT2D eigenvalue weighted by atomic mass is 9.83. The maximum absolute atomic E-state index is 13.8. The standard InChI is InChI=1S/C24H29N3O3.2C2HF3O2/c1-29-21-8-6-19(7-9-21)15-27-11-12-30-24(23(27)28)17-26(14-18-4-5-18)16-22(24)20-3-2-10-25-13-20;2*3-2(4,5)1(6)7/h2-3,6-10,13,18,22H,4-5,11-12,14-17H2,1H3;2*(H,6,7). The zero-order valence-electron chi connectivity index (χ0n) is 23.5. The summed E-state index contributed by atoms with van der Waals surface area (Å²) >= 11 is 0. The lowest BCUT2D eigenvalue weighted by Crippen LogP contribution is -2.60. The molecule has 44 heavy (non-hydrogen) atoms. The first-order valence-corrected chi connectivity index (χ1v) is 13.4. The van der Waals surface area contributed by atoms with E-state index in [9.17, 15) is 31.1 Å². The molecule has 1 aromatic heterocycles. The molecule has 242 valence electrons. The summed E-state index contributed by atoms with van der Waals surface area (Å²) in [5.74, 6) is -3.79. The fourth-order valence-corrected chi connectivity index (χ4v) is 4.91. The second-order valence-corrected chi connectivity index (χ2v) is 10.4. The Morgan fingerprint density at radius 2 is 1.64 bits per heavy atom. The summed E-state index contributed by atoms with van der Waals surface area (Å²) in [4.78, 5) is 40.4. The Morgan fingerprint density at radius 3 is 2.11 bits per heavy atom. The average molecular weight is 636 g/mol. The van der Waals surface area contributed by atoms with Crippen molar-refractivity contribution in [2.45, 2.75) is 43.3 Å². The summed E-state index contributed by atoms with van der Waals surface area (Å²) < 4.78 is 75.1. The highest BCUT2D eigenvalue weighted by atomic mass is 19.4. The molecule has 1 spiro atoms. The minimum Gasteiger partial charge on any atom is -0.497 e. The number of alkyl halides is 6. The summed E-state index contributed by atoms with van der Waals surface area (Å²) in [5, 5.41) is 14.2. The molecule has 1 aliphatic carbocycles. The number of rotatable bonds is 6. The molecule has 2 N–H and O–H groups in total. The molecule has 1 saturated carbocycles. The summed E-state index contributed by atoms with van der Waals surface area (Å²) in [7, 11) is 1.66. The van der Waals surface area contributed by atoms with E-state index in [4.69, 9.17) is 29.3 Å². The summed E-state index contributed by atoms with van der Waals surface area (Å²) in [6, 6.07) is 12.0. The zero-order valence-corrected chi connectivity index (χ0v) is 23.5. The van der Waals surface area contributed by atoms with E-state index < -0.39 is 29.9 Å². The lowest BCUT2D eigenvalue weighted by Gasteiger charge is -2.42. The number of likely N-dealkylation sites (tertiary alicyclic amines) is 1. The molecule has 1 amide bonds. The molecule has 3 heterocycles. The Labute approximate surface area is 248 Å². The summed E-state index contributed by atoms with van der Waals surface area (Å²) in [6.07, 6.45) is -3.88. The molecule has 2 aliphatic heterocycles. The van der Waals surface area contributed by atoms with Crippen molar-refractivity contribution in [3.8, 4) is 5.75 Å². The van der Waals surface area contributed by atoms with Gasteiger partial charge < -0.3 is 24.6 Å². The largest absolute Gasteiger partial charge is 0.497 e. The van der Waals surface area contributed by atoms with E-state index in [1.807, 2.05) is 41.4 Å². The lowest BCUT2D eigenvalue weighted by molar-refractivity contribution is -0.193. The van der Waals surface area contributed by atoms with Gasteiger partial charge in [0.25, 0.3) is 5.91 Å². The van der Waals surface area contributed by atoms with E-state index in [0.29, 0.717) is 26.2 Å². The van der Waals surface area contributed by atoms with Gasteiger partial charge in [-0.25, -0.2) is 9.59 Å². The van der Waals surface area contributed by atoms with Gasteiger partial charge in [-0.15, -0.1) is 0 Å². The number of morpholine rings is 1. The van der Waals surface area contributed by atoms with Crippen LogP contribution in [-0.4, -0.2) is 101 Å². The molecule has 1 aromatic carbocycles. The number of aromatic nitrogens is 1. The van der Waals surface area contributed by atoms with Crippen molar-refractivity contribution in [1.82, 2.24) is 14.8 Å². The smallest absolute Gasteiger partial charge is 0.490 e. The number of carboxylic acid groups (broad SMARTS) is 2. The van der Waals surface area contributed by atoms with Gasteiger partial charge in [0, 0.05) is 51.0 Å². The van der Waals surface area contributed by atoms with Gasteiger partial charge in [0.15, 0.2) is 5.60 Å². The molecule has 16 heteroatoms. The normalized spacial score (nSPS) is 22.0. The van der Waals surface area contributed by atoms with Crippen LogP contribution in [0, 0.1) is 5.92 Å². The second-order valence-electron chi connectivity index (χ2n) is 10.4. The first-order valence-electron chi connectivity index (χ1n) is 13.4. The van der Waals surface area contributed by atoms with Crippen molar-refractivity contribution < 1.29 is 60.4 Å². The monoisotopic (exact) mass is 635 g/mol. The molecule has 2 unspecified atom stereocenters. The van der Waals surface area contributed by atoms with E-state index in [2.05, 4.69) is 16.0 Å². The number of aliphatic carboxylic acids is 2. The number of methoxy groups -OCH3 is 1. The van der Waals surface area contributed by atoms with Crippen LogP contribution in [0.2, 0.25) is 0 Å². The predicted molar refractivity (Wildman–Crippen MR) is 141 cm³/mol. The van der Waals surface area contributed by atoms with Crippen molar-refractivity contribution in [3.05, 3.63) is 59.9 Å². The van der Waals surface area contributed by atoms with Gasteiger partial charge in [-0.05, 0) is 48.1 Å². The highest BCUT2D eigenvalue weighted by Gasteiger charge is 2.57. The van der Waals surface area contributed by atoms with Gasteiger partial charge in [-0.2, -0.15) is 26.3 Å². The average Bonchev–Trinajstić information content (AvgIpc) is 3.71. The van der Waals surface area contributed by atoms with Crippen molar-refractivity contribution in [3.63, 3.8) is 0 Å². The minimum absolute atomic E-state index is 0.0103. The number of pyridine rings is 1. The Morgan fingerprint density at radius 1 is 1.05 bits per heavy atom. The van der Waals surface area contributed by atoms with E-state index in [1.54, 1.807) is 13.3 Å². The van der Waals surface area contributed by atoms with E-state index >= 15 is 0 Å². The Balaban J connectivity index is 0.000000317. The van der Waals surface area contributed by atoms with Crippen LogP contribution in [-0.2, 0) is 25.7 Å². The Kier molecular flexibility index (Phi) is 11.2. The van der Waals surface area contributed by atoms with E-state index in [1.165, 1.54) is 12.8 Å². The molecule has 2 aromatic rings. The Hall–Kier alpha value is -3.92. The highest BCUT2D eigenvalue weighted by molar-refractivity contribution is 5.88. The van der Waals surface area contributed by atoms with Gasteiger partial charge in [0.1, 0.15) is 5.75 Å². The number of amides is 1. The maximum atomic E-state index is 13.8. The van der Waals surface area contributed by atoms with Crippen LogP contribution < -0.4 is 4.74 Å². The zero-order chi connectivity index (χ0) is 32.7. The van der Waals surface area contributed by atoms with Crippen LogP contribution in [0.25, 0.3) is 0 Å². The molecule has 3 fully saturated rings. The molecule has 0 radical (unpaired) electrons. The number of benzene rings is 1. The molecular formula is C28H31F6N3O7. The summed E-state index contributed by atoms with van der Waals surface area (Å²) in [6.45, 7) is 4.36. The number of carboxylic acids is 2. The second kappa shape index (κ2) is 14.2. The molecule has 2 atom stereocenters. The SMILES string of the molecule is COc1ccc(CN2CCOC3(CN(CC4CC4)CC3c3cccnc3)C2=O)cc1.O=C(O)C(F)(F)F.O=C(O)C(F)(F)F. The minimum atomic E-state index is -5.08. The van der Waals surface area contributed by atoms with Crippen LogP contribution in [0.5, 0.6) is 5.75 Å². The third-order valence-electron chi connectivity index (χ3n) is 7.15. The third kappa shape index (κ3) is 9.29. The number of hydrogen-bond acceptors (Lipinski definition) is 7. The van der Waals surface area contributed by atoms with Crippen molar-refractivity contribution >= 4 is 17.8 Å². The number of ether oxygens (including phenoxy) is 2. The quantitative estimate of drug-likeness (QED) is 0.453. The summed E-state index contributed by atoms with van der Waals surface area (Å²) in [5.41, 5.74) is 1.38. The molecule has 10 nitrogen and oxygen atoms in total. The number of hydrogen-bond donors (Lipinski definition) is 2. The molecular weight excluding hydrogens is 604 g/mol. The van der Waals surface area contributed by atoms with Crippen molar-refractivity contribution in [2.75, 3.05) is 39.9 Å². The van der Waals surface area contributed by atoms with E-state index in [-0.39, 0.29) is 11.8 Å². The molecule has 2 saturated heterocycles. The maximum Gasteiger partial charge on any atom is 0.490 e. The molecule has 0 bridgehead atoms. The van der Waals surface area contributed by atoms with Gasteiger partial charge >= 0.3 is 24.3 Å². The highest BCUT2D eigenvalue weighted by Crippen LogP contribution is 2.43. The molecule has 5 rings (SSSR count). The van der Waals surface area contributed by atoms with Crippen molar-refractivity contribution in [1.29, 1.82) is 0 Å². The van der Waals surface area contributed by atoms with Gasteiger partial charge in [-0.1, -0.05) is 18.2 Å². The topological polar surface area (TPSA) is 130 Å². The van der Waals surface area contributed by atoms with Crippen LogP contribution in [0.15, 0.2) is 48.8 Å². The third-order valence-corrected chi connectivity index (χ3v) is 7.15. The first kappa shape index (κ1) is 34.6. The fraction of sp³-hybridized carbons (Fsp3) is 0.500. The van der Waals surface area contributed by atoms with Crippen LogP contribution >= 0.6 is 0 Å². The first-order chi connectivity index (χ1) is 20.6. The van der Waals surface area contributed by atoms with Crippen LogP contribution in [0.4, 0.5) is 26.3 Å². The van der Waals surface area contributed by atoms with Crippen LogP contribution in [0.3, 0.4) is 0 Å². The van der Waals surface area contributed by atoms with E-state index in [0.717, 1.165) is 35.9 Å². The Bertz CT molecular complexity index is 1250. The van der Waals surface area contributed by atoms with Gasteiger partial charge in [-0.3, -0.25) is 14.7 Å². The number of halogens is 6. The number of carbonyl (C=O) groups excluding carboxylic acids is 1. The molecule has 3 aliphatic rings. The fourth-order valence-electron chi connectivity index (χ4n) is 4.91. The predicted octanol–water partition coefficient (Wildman–Crippen LogP) is 3.96. The van der Waals surface area contributed by atoms with Crippen molar-refractivity contribution in [2.24, 2.45) is 5.92 Å². The van der Waals surface area contributed by atoms with Crippen LogP contribution in [0.1, 0.15) is 29.9 Å². The number of nitrogens with zero attached hydrogens (tertiary/aromatic N) is 3.